The van der Waals surface area contributed by atoms with Gasteiger partial charge in [0.25, 0.3) is 0 Å². The fourth-order valence-electron chi connectivity index (χ4n) is 2.76. The van der Waals surface area contributed by atoms with Crippen molar-refractivity contribution in [1.29, 1.82) is 0 Å². The monoisotopic (exact) mass is 374 g/mol. The molecule has 2 aromatic rings. The lowest BCUT2D eigenvalue weighted by Crippen LogP contribution is -2.46. The smallest absolute Gasteiger partial charge is 0.244 e. The number of halogens is 1. The van der Waals surface area contributed by atoms with E-state index >= 15 is 0 Å². The van der Waals surface area contributed by atoms with Crippen LogP contribution >= 0.6 is 15.9 Å². The Morgan fingerprint density at radius 2 is 2.00 bits per heavy atom. The molecule has 1 aliphatic rings. The maximum atomic E-state index is 12.7. The number of amides is 1. The minimum Gasteiger partial charge on any atom is -0.370 e. The lowest BCUT2D eigenvalue weighted by molar-refractivity contribution is -0.140. The first-order valence-corrected chi connectivity index (χ1v) is 8.41. The summed E-state index contributed by atoms with van der Waals surface area (Å²) in [5.74, 6) is -0.0560. The van der Waals surface area contributed by atoms with Crippen LogP contribution in [0.5, 0.6) is 0 Å². The van der Waals surface area contributed by atoms with E-state index in [1.165, 1.54) is 0 Å². The molecule has 5 heteroatoms. The van der Waals surface area contributed by atoms with Crippen LogP contribution in [-0.2, 0) is 9.53 Å². The largest absolute Gasteiger partial charge is 0.370 e. The Kier molecular flexibility index (Phi) is 5.10. The third kappa shape index (κ3) is 3.80. The van der Waals surface area contributed by atoms with Gasteiger partial charge < -0.3 is 15.4 Å². The lowest BCUT2D eigenvalue weighted by atomic mass is 10.0. The van der Waals surface area contributed by atoms with Gasteiger partial charge in [-0.3, -0.25) is 4.79 Å². The molecule has 2 aromatic carbocycles. The van der Waals surface area contributed by atoms with E-state index in [4.69, 9.17) is 10.5 Å². The second kappa shape index (κ2) is 7.25. The predicted octanol–water partition coefficient (Wildman–Crippen LogP) is 3.05. The Balaban J connectivity index is 1.72. The van der Waals surface area contributed by atoms with Gasteiger partial charge in [0, 0.05) is 11.0 Å². The fraction of sp³-hybridized carbons (Fsp3) is 0.278. The van der Waals surface area contributed by atoms with Crippen molar-refractivity contribution in [3.63, 3.8) is 0 Å². The van der Waals surface area contributed by atoms with Crippen LogP contribution in [0.3, 0.4) is 0 Å². The van der Waals surface area contributed by atoms with Crippen molar-refractivity contribution >= 4 is 21.8 Å². The zero-order valence-electron chi connectivity index (χ0n) is 12.7. The zero-order chi connectivity index (χ0) is 16.2. The average Bonchev–Trinajstić information content (AvgIpc) is 2.61. The summed E-state index contributed by atoms with van der Waals surface area (Å²) in [6, 6.07) is 16.8. The first-order chi connectivity index (χ1) is 11.1. The Labute approximate surface area is 144 Å². The molecule has 0 aromatic heterocycles. The van der Waals surface area contributed by atoms with Gasteiger partial charge in [-0.15, -0.1) is 0 Å². The summed E-state index contributed by atoms with van der Waals surface area (Å²) < 4.78 is 6.83. The Bertz CT molecular complexity index is 678. The topological polar surface area (TPSA) is 55.6 Å². The van der Waals surface area contributed by atoms with Crippen LogP contribution in [0.25, 0.3) is 0 Å². The van der Waals surface area contributed by atoms with Crippen LogP contribution in [0, 0.1) is 0 Å². The normalized spacial score (nSPS) is 19.4. The van der Waals surface area contributed by atoms with Gasteiger partial charge in [0.05, 0.1) is 13.2 Å². The number of ether oxygens (including phenoxy) is 1. The summed E-state index contributed by atoms with van der Waals surface area (Å²) in [6.45, 7) is 1.62. The number of benzene rings is 2. The van der Waals surface area contributed by atoms with E-state index in [1.54, 1.807) is 4.90 Å². The highest BCUT2D eigenvalue weighted by Crippen LogP contribution is 2.26. The number of hydrogen-bond acceptors (Lipinski definition) is 3. The van der Waals surface area contributed by atoms with E-state index in [0.29, 0.717) is 19.7 Å². The quantitative estimate of drug-likeness (QED) is 0.897. The molecule has 0 saturated carbocycles. The Hall–Kier alpha value is -1.69. The van der Waals surface area contributed by atoms with E-state index in [2.05, 4.69) is 15.9 Å². The van der Waals surface area contributed by atoms with Crippen LogP contribution in [0.4, 0.5) is 0 Å². The molecule has 0 spiro atoms. The molecule has 0 radical (unpaired) electrons. The third-order valence-corrected chi connectivity index (χ3v) is 4.52. The number of nitrogens with two attached hydrogens (primary N) is 1. The molecule has 120 valence electrons. The number of nitrogens with zero attached hydrogens (tertiary/aromatic N) is 1. The third-order valence-electron chi connectivity index (χ3n) is 4.02. The molecule has 2 N–H and O–H groups in total. The van der Waals surface area contributed by atoms with Crippen molar-refractivity contribution in [3.8, 4) is 0 Å². The number of rotatable bonds is 3. The van der Waals surface area contributed by atoms with Crippen LogP contribution in [-0.4, -0.2) is 30.5 Å². The summed E-state index contributed by atoms with van der Waals surface area (Å²) in [5.41, 5.74) is 8.03. The van der Waals surface area contributed by atoms with Gasteiger partial charge in [0.15, 0.2) is 0 Å². The van der Waals surface area contributed by atoms with E-state index in [0.717, 1.165) is 15.6 Å². The van der Waals surface area contributed by atoms with Crippen molar-refractivity contribution < 1.29 is 9.53 Å². The van der Waals surface area contributed by atoms with Crippen LogP contribution in [0.15, 0.2) is 59.1 Å². The van der Waals surface area contributed by atoms with E-state index in [9.17, 15) is 4.79 Å². The Morgan fingerprint density at radius 1 is 1.22 bits per heavy atom. The maximum absolute atomic E-state index is 12.7. The minimum absolute atomic E-state index is 0.0560. The van der Waals surface area contributed by atoms with Gasteiger partial charge >= 0.3 is 0 Å². The van der Waals surface area contributed by atoms with Crippen molar-refractivity contribution in [3.05, 3.63) is 70.2 Å². The molecule has 1 fully saturated rings. The molecule has 1 amide bonds. The number of carbonyl (C=O) groups is 1. The van der Waals surface area contributed by atoms with Gasteiger partial charge in [0.1, 0.15) is 12.1 Å². The molecule has 1 aliphatic heterocycles. The number of carbonyl (C=O) groups excluding carboxylic acids is 1. The molecule has 3 rings (SSSR count). The van der Waals surface area contributed by atoms with Crippen molar-refractivity contribution in [1.82, 2.24) is 4.90 Å². The molecule has 1 saturated heterocycles. The summed E-state index contributed by atoms with van der Waals surface area (Å²) in [4.78, 5) is 14.5. The van der Waals surface area contributed by atoms with E-state index < -0.39 is 6.04 Å². The fourth-order valence-corrected chi connectivity index (χ4v) is 3.17. The molecule has 0 bridgehead atoms. The first kappa shape index (κ1) is 16.2. The average molecular weight is 375 g/mol. The molecule has 0 aliphatic carbocycles. The zero-order valence-corrected chi connectivity index (χ0v) is 14.3. The number of hydrogen-bond donors (Lipinski definition) is 1. The second-order valence-electron chi connectivity index (χ2n) is 5.59. The minimum atomic E-state index is -0.627. The molecular weight excluding hydrogens is 356 g/mol. The molecular formula is C18H19BrN2O2. The summed E-state index contributed by atoms with van der Waals surface area (Å²) >= 11 is 3.47. The molecule has 1 heterocycles. The predicted molar refractivity (Wildman–Crippen MR) is 92.8 cm³/mol. The van der Waals surface area contributed by atoms with E-state index in [1.807, 2.05) is 54.6 Å². The van der Waals surface area contributed by atoms with Gasteiger partial charge in [-0.05, 0) is 23.3 Å². The molecule has 2 unspecified atom stereocenters. The molecule has 4 nitrogen and oxygen atoms in total. The summed E-state index contributed by atoms with van der Waals surface area (Å²) in [6.07, 6.45) is -0.117. The maximum Gasteiger partial charge on any atom is 0.244 e. The number of morpholine rings is 1. The molecule has 2 atom stereocenters. The second-order valence-corrected chi connectivity index (χ2v) is 6.50. The van der Waals surface area contributed by atoms with Crippen molar-refractivity contribution in [2.45, 2.75) is 12.1 Å². The highest BCUT2D eigenvalue weighted by atomic mass is 79.9. The van der Waals surface area contributed by atoms with Gasteiger partial charge in [-0.1, -0.05) is 58.4 Å². The van der Waals surface area contributed by atoms with Crippen LogP contribution in [0.2, 0.25) is 0 Å². The summed E-state index contributed by atoms with van der Waals surface area (Å²) in [7, 11) is 0. The van der Waals surface area contributed by atoms with E-state index in [-0.39, 0.29) is 12.0 Å². The molecule has 23 heavy (non-hydrogen) atoms. The SMILES string of the molecule is NC(C(=O)N1CCOC(c2cccc(Br)c2)C1)c1ccccc1. The van der Waals surface area contributed by atoms with Gasteiger partial charge in [-0.25, -0.2) is 0 Å². The van der Waals surface area contributed by atoms with Gasteiger partial charge in [0.2, 0.25) is 5.91 Å². The standard InChI is InChI=1S/C18H19BrN2O2/c19-15-8-4-7-14(11-15)16-12-21(9-10-23-16)18(22)17(20)13-5-2-1-3-6-13/h1-8,11,16-17H,9-10,12,20H2. The highest BCUT2D eigenvalue weighted by Gasteiger charge is 2.29. The summed E-state index contributed by atoms with van der Waals surface area (Å²) in [5, 5.41) is 0. The van der Waals surface area contributed by atoms with Crippen LogP contribution in [0.1, 0.15) is 23.3 Å². The van der Waals surface area contributed by atoms with Gasteiger partial charge in [-0.2, -0.15) is 0 Å². The van der Waals surface area contributed by atoms with Crippen molar-refractivity contribution in [2.24, 2.45) is 5.73 Å². The Morgan fingerprint density at radius 3 is 2.74 bits per heavy atom. The first-order valence-electron chi connectivity index (χ1n) is 7.61. The van der Waals surface area contributed by atoms with Crippen LogP contribution < -0.4 is 5.73 Å². The highest BCUT2D eigenvalue weighted by molar-refractivity contribution is 9.10. The van der Waals surface area contributed by atoms with Crippen molar-refractivity contribution in [2.75, 3.05) is 19.7 Å². The lowest BCUT2D eigenvalue weighted by Gasteiger charge is -2.34.